The van der Waals surface area contributed by atoms with Crippen LogP contribution < -0.4 is 0 Å². The summed E-state index contributed by atoms with van der Waals surface area (Å²) < 4.78 is 2.14. The molecule has 3 nitrogen and oxygen atoms in total. The van der Waals surface area contributed by atoms with Gasteiger partial charge in [0.05, 0.1) is 12.0 Å². The van der Waals surface area contributed by atoms with E-state index in [1.54, 1.807) is 0 Å². The molecule has 0 atom stereocenters. The molecule has 3 heteroatoms. The Labute approximate surface area is 74.0 Å². The summed E-state index contributed by atoms with van der Waals surface area (Å²) in [6, 6.07) is 0. The molecule has 1 aromatic rings. The van der Waals surface area contributed by atoms with Crippen molar-refractivity contribution in [3.8, 4) is 0 Å². The van der Waals surface area contributed by atoms with Crippen LogP contribution in [-0.4, -0.2) is 35.1 Å². The molecule has 0 spiro atoms. The fourth-order valence-corrected chi connectivity index (χ4v) is 1.16. The maximum Gasteiger partial charge on any atom is 0.0949 e. The van der Waals surface area contributed by atoms with E-state index in [0.29, 0.717) is 0 Å². The summed E-state index contributed by atoms with van der Waals surface area (Å²) in [4.78, 5) is 6.36. The van der Waals surface area contributed by atoms with Crippen molar-refractivity contribution in [1.82, 2.24) is 14.5 Å². The molecule has 0 aliphatic heterocycles. The highest BCUT2D eigenvalue weighted by atomic mass is 15.1. The van der Waals surface area contributed by atoms with Crippen molar-refractivity contribution in [1.29, 1.82) is 0 Å². The Morgan fingerprint density at radius 1 is 1.50 bits per heavy atom. The van der Waals surface area contributed by atoms with Crippen molar-refractivity contribution in [2.75, 3.05) is 20.6 Å². The molecule has 0 unspecified atom stereocenters. The molecule has 68 valence electrons. The summed E-state index contributed by atoms with van der Waals surface area (Å²) in [5.74, 6) is 0. The minimum atomic E-state index is 1.07. The number of hydrogen-bond acceptors (Lipinski definition) is 2. The number of rotatable bonds is 4. The van der Waals surface area contributed by atoms with Crippen LogP contribution in [0.2, 0.25) is 0 Å². The molecule has 1 rings (SSSR count). The monoisotopic (exact) mass is 167 g/mol. The zero-order chi connectivity index (χ0) is 8.97. The Hall–Kier alpha value is -0.830. The van der Waals surface area contributed by atoms with Crippen LogP contribution in [0.15, 0.2) is 12.5 Å². The zero-order valence-corrected chi connectivity index (χ0v) is 8.12. The molecule has 0 aliphatic carbocycles. The molecule has 0 saturated carbocycles. The van der Waals surface area contributed by atoms with Crippen molar-refractivity contribution in [2.24, 2.45) is 0 Å². The highest BCUT2D eigenvalue weighted by molar-refractivity contribution is 4.91. The van der Waals surface area contributed by atoms with E-state index in [2.05, 4.69) is 34.7 Å². The van der Waals surface area contributed by atoms with E-state index < -0.39 is 0 Å². The molecule has 0 aromatic carbocycles. The lowest BCUT2D eigenvalue weighted by Crippen LogP contribution is -2.14. The van der Waals surface area contributed by atoms with Crippen molar-refractivity contribution >= 4 is 0 Å². The van der Waals surface area contributed by atoms with E-state index >= 15 is 0 Å². The predicted octanol–water partition coefficient (Wildman–Crippen LogP) is 1.14. The first-order chi connectivity index (χ1) is 5.68. The van der Waals surface area contributed by atoms with Crippen LogP contribution in [0.5, 0.6) is 0 Å². The van der Waals surface area contributed by atoms with Gasteiger partial charge >= 0.3 is 0 Å². The Morgan fingerprint density at radius 3 is 2.75 bits per heavy atom. The summed E-state index contributed by atoms with van der Waals surface area (Å²) in [6.07, 6.45) is 5.16. The smallest absolute Gasteiger partial charge is 0.0949 e. The SMILES string of the molecule is Cc1cn(CCCN(C)C)cn1. The lowest BCUT2D eigenvalue weighted by molar-refractivity contribution is 0.386. The Balaban J connectivity index is 2.24. The van der Waals surface area contributed by atoms with E-state index in [9.17, 15) is 0 Å². The van der Waals surface area contributed by atoms with Crippen LogP contribution in [0.3, 0.4) is 0 Å². The molecule has 0 bridgehead atoms. The largest absolute Gasteiger partial charge is 0.337 e. The highest BCUT2D eigenvalue weighted by Gasteiger charge is 1.94. The maximum absolute atomic E-state index is 4.16. The van der Waals surface area contributed by atoms with Gasteiger partial charge in [-0.15, -0.1) is 0 Å². The lowest BCUT2D eigenvalue weighted by Gasteiger charge is -2.08. The second kappa shape index (κ2) is 4.26. The quantitative estimate of drug-likeness (QED) is 0.670. The first-order valence-corrected chi connectivity index (χ1v) is 4.31. The topological polar surface area (TPSA) is 21.1 Å². The molecule has 0 amide bonds. The average Bonchev–Trinajstić information content (AvgIpc) is 2.35. The molecule has 0 aliphatic rings. The van der Waals surface area contributed by atoms with E-state index in [1.807, 2.05) is 13.3 Å². The number of nitrogens with zero attached hydrogens (tertiary/aromatic N) is 3. The van der Waals surface area contributed by atoms with Gasteiger partial charge in [-0.2, -0.15) is 0 Å². The van der Waals surface area contributed by atoms with Gasteiger partial charge in [-0.05, 0) is 34.0 Å². The molecular formula is C9H17N3. The number of aryl methyl sites for hydroxylation is 2. The fourth-order valence-electron chi connectivity index (χ4n) is 1.16. The van der Waals surface area contributed by atoms with E-state index in [0.717, 1.165) is 18.8 Å². The van der Waals surface area contributed by atoms with E-state index in [-0.39, 0.29) is 0 Å². The molecule has 12 heavy (non-hydrogen) atoms. The summed E-state index contributed by atoms with van der Waals surface area (Å²) in [5.41, 5.74) is 1.10. The molecule has 0 saturated heterocycles. The minimum Gasteiger partial charge on any atom is -0.337 e. The minimum absolute atomic E-state index is 1.07. The molecule has 0 radical (unpaired) electrons. The fraction of sp³-hybridized carbons (Fsp3) is 0.667. The van der Waals surface area contributed by atoms with Crippen LogP contribution >= 0.6 is 0 Å². The van der Waals surface area contributed by atoms with Crippen LogP contribution in [0.1, 0.15) is 12.1 Å². The van der Waals surface area contributed by atoms with Gasteiger partial charge in [0.15, 0.2) is 0 Å². The first-order valence-electron chi connectivity index (χ1n) is 4.31. The normalized spacial score (nSPS) is 11.0. The van der Waals surface area contributed by atoms with E-state index in [4.69, 9.17) is 0 Å². The highest BCUT2D eigenvalue weighted by Crippen LogP contribution is 1.95. The number of imidazole rings is 1. The van der Waals surface area contributed by atoms with Gasteiger partial charge in [-0.25, -0.2) is 4.98 Å². The van der Waals surface area contributed by atoms with Crippen molar-refractivity contribution in [3.63, 3.8) is 0 Å². The third-order valence-electron chi connectivity index (χ3n) is 1.78. The van der Waals surface area contributed by atoms with Crippen molar-refractivity contribution < 1.29 is 0 Å². The predicted molar refractivity (Wildman–Crippen MR) is 50.1 cm³/mol. The second-order valence-electron chi connectivity index (χ2n) is 3.41. The molecule has 0 fully saturated rings. The Morgan fingerprint density at radius 2 is 2.25 bits per heavy atom. The van der Waals surface area contributed by atoms with Gasteiger partial charge in [0, 0.05) is 12.7 Å². The Kier molecular flexibility index (Phi) is 3.29. The van der Waals surface area contributed by atoms with Gasteiger partial charge in [0.1, 0.15) is 0 Å². The van der Waals surface area contributed by atoms with Gasteiger partial charge in [0.25, 0.3) is 0 Å². The van der Waals surface area contributed by atoms with Gasteiger partial charge in [-0.1, -0.05) is 0 Å². The molecule has 1 aromatic heterocycles. The average molecular weight is 167 g/mol. The summed E-state index contributed by atoms with van der Waals surface area (Å²) >= 11 is 0. The molecule has 0 N–H and O–H groups in total. The van der Waals surface area contributed by atoms with Crippen LogP contribution in [-0.2, 0) is 6.54 Å². The molecule has 1 heterocycles. The number of hydrogen-bond donors (Lipinski definition) is 0. The number of aromatic nitrogens is 2. The van der Waals surface area contributed by atoms with Gasteiger partial charge in [0.2, 0.25) is 0 Å². The lowest BCUT2D eigenvalue weighted by atomic mass is 10.4. The van der Waals surface area contributed by atoms with Crippen LogP contribution in [0.4, 0.5) is 0 Å². The van der Waals surface area contributed by atoms with Crippen molar-refractivity contribution in [3.05, 3.63) is 18.2 Å². The zero-order valence-electron chi connectivity index (χ0n) is 8.12. The van der Waals surface area contributed by atoms with E-state index in [1.165, 1.54) is 6.42 Å². The third-order valence-corrected chi connectivity index (χ3v) is 1.78. The summed E-state index contributed by atoms with van der Waals surface area (Å²) in [5, 5.41) is 0. The van der Waals surface area contributed by atoms with Crippen LogP contribution in [0, 0.1) is 6.92 Å². The first kappa shape index (κ1) is 9.26. The second-order valence-corrected chi connectivity index (χ2v) is 3.41. The van der Waals surface area contributed by atoms with Gasteiger partial charge < -0.3 is 9.47 Å². The summed E-state index contributed by atoms with van der Waals surface area (Å²) in [6.45, 7) is 4.22. The van der Waals surface area contributed by atoms with Gasteiger partial charge in [-0.3, -0.25) is 0 Å². The van der Waals surface area contributed by atoms with Crippen molar-refractivity contribution in [2.45, 2.75) is 19.9 Å². The van der Waals surface area contributed by atoms with Crippen LogP contribution in [0.25, 0.3) is 0 Å². The Bertz CT molecular complexity index is 227. The summed E-state index contributed by atoms with van der Waals surface area (Å²) in [7, 11) is 4.19. The standard InChI is InChI=1S/C9H17N3/c1-9-7-12(8-10-9)6-4-5-11(2)3/h7-8H,4-6H2,1-3H3. The molecular weight excluding hydrogens is 150 g/mol. The maximum atomic E-state index is 4.16. The third kappa shape index (κ3) is 3.05.